The molecule has 0 aromatic carbocycles. The molecular weight excluding hydrogens is 246 g/mol. The summed E-state index contributed by atoms with van der Waals surface area (Å²) < 4.78 is 0. The number of nitrogens with one attached hydrogen (secondary N) is 1. The number of nitrogens with zero attached hydrogens (tertiary/aromatic N) is 3. The predicted molar refractivity (Wildman–Crippen MR) is 74.1 cm³/mol. The number of aromatic nitrogens is 2. The highest BCUT2D eigenvalue weighted by Crippen LogP contribution is 2.16. The van der Waals surface area contributed by atoms with Crippen LogP contribution >= 0.6 is 11.3 Å². The Kier molecular flexibility index (Phi) is 3.88. The Bertz CT molecular complexity index is 506. The molecule has 0 saturated carbocycles. The van der Waals surface area contributed by atoms with E-state index < -0.39 is 0 Å². The molecule has 0 aliphatic carbocycles. The van der Waals surface area contributed by atoms with Gasteiger partial charge in [0.2, 0.25) is 0 Å². The van der Waals surface area contributed by atoms with Gasteiger partial charge in [0, 0.05) is 11.4 Å². The molecule has 0 saturated heterocycles. The van der Waals surface area contributed by atoms with E-state index in [1.54, 1.807) is 17.5 Å². The number of hydrogen-bond donors (Lipinski definition) is 2. The Hall–Kier alpha value is -1.95. The molecular formula is C12H15N5S. The summed E-state index contributed by atoms with van der Waals surface area (Å²) in [6, 6.07) is 4.14. The second-order valence-corrected chi connectivity index (χ2v) is 4.80. The van der Waals surface area contributed by atoms with Crippen LogP contribution in [0, 0.1) is 5.41 Å². The third kappa shape index (κ3) is 2.84. The largest absolute Gasteiger partial charge is 0.382 e. The van der Waals surface area contributed by atoms with Gasteiger partial charge in [-0.1, -0.05) is 6.07 Å². The molecule has 94 valence electrons. The summed E-state index contributed by atoms with van der Waals surface area (Å²) in [6.07, 6.45) is 3.20. The van der Waals surface area contributed by atoms with Gasteiger partial charge in [0.1, 0.15) is 17.3 Å². The van der Waals surface area contributed by atoms with Crippen LogP contribution in [-0.4, -0.2) is 22.3 Å². The van der Waals surface area contributed by atoms with E-state index in [-0.39, 0.29) is 5.84 Å². The molecule has 0 amide bonds. The first-order valence-corrected chi connectivity index (χ1v) is 6.52. The first-order chi connectivity index (χ1) is 8.70. The molecule has 0 bridgehead atoms. The Morgan fingerprint density at radius 2 is 2.28 bits per heavy atom. The lowest BCUT2D eigenvalue weighted by Gasteiger charge is -2.20. The van der Waals surface area contributed by atoms with Crippen LogP contribution in [-0.2, 0) is 6.54 Å². The summed E-state index contributed by atoms with van der Waals surface area (Å²) in [5.41, 5.74) is 5.76. The van der Waals surface area contributed by atoms with Gasteiger partial charge in [-0.2, -0.15) is 0 Å². The lowest BCUT2D eigenvalue weighted by Crippen LogP contribution is -2.23. The molecule has 2 aromatic rings. The maximum absolute atomic E-state index is 7.28. The van der Waals surface area contributed by atoms with Gasteiger partial charge in [0.05, 0.1) is 18.9 Å². The van der Waals surface area contributed by atoms with Gasteiger partial charge in [0.25, 0.3) is 0 Å². The topological polar surface area (TPSA) is 78.9 Å². The van der Waals surface area contributed by atoms with Crippen molar-refractivity contribution in [1.82, 2.24) is 9.97 Å². The highest BCUT2D eigenvalue weighted by Gasteiger charge is 2.08. The van der Waals surface area contributed by atoms with E-state index in [0.29, 0.717) is 5.69 Å². The number of nitrogen functional groups attached to an aromatic ring is 1. The van der Waals surface area contributed by atoms with Crippen molar-refractivity contribution in [2.24, 2.45) is 5.73 Å². The fourth-order valence-electron chi connectivity index (χ4n) is 1.57. The molecule has 0 aliphatic rings. The van der Waals surface area contributed by atoms with Gasteiger partial charge >= 0.3 is 0 Å². The van der Waals surface area contributed by atoms with E-state index in [9.17, 15) is 0 Å². The highest BCUT2D eigenvalue weighted by molar-refractivity contribution is 7.09. The molecule has 0 radical (unpaired) electrons. The molecule has 2 aromatic heterocycles. The average Bonchev–Trinajstić information content (AvgIpc) is 2.89. The Morgan fingerprint density at radius 3 is 2.78 bits per heavy atom. The van der Waals surface area contributed by atoms with Gasteiger partial charge in [0.15, 0.2) is 0 Å². The Labute approximate surface area is 110 Å². The molecule has 2 rings (SSSR count). The molecule has 6 heteroatoms. The van der Waals surface area contributed by atoms with Crippen molar-refractivity contribution in [2.45, 2.75) is 13.5 Å². The normalized spacial score (nSPS) is 10.3. The average molecular weight is 261 g/mol. The number of thiophene rings is 1. The molecule has 5 nitrogen and oxygen atoms in total. The summed E-state index contributed by atoms with van der Waals surface area (Å²) in [6.45, 7) is 3.75. The monoisotopic (exact) mass is 261 g/mol. The lowest BCUT2D eigenvalue weighted by atomic mass is 10.4. The molecule has 0 unspecified atom stereocenters. The van der Waals surface area contributed by atoms with E-state index >= 15 is 0 Å². The molecule has 18 heavy (non-hydrogen) atoms. The minimum Gasteiger partial charge on any atom is -0.382 e. The lowest BCUT2D eigenvalue weighted by molar-refractivity contribution is 0.817. The molecule has 0 fully saturated rings. The Balaban J connectivity index is 2.14. The second-order valence-electron chi connectivity index (χ2n) is 3.77. The van der Waals surface area contributed by atoms with Gasteiger partial charge in [-0.25, -0.2) is 9.97 Å². The third-order valence-corrected chi connectivity index (χ3v) is 3.41. The SMILES string of the molecule is CCN(Cc1cccs1)c1cnc(C(=N)N)cn1. The summed E-state index contributed by atoms with van der Waals surface area (Å²) in [7, 11) is 0. The molecule has 0 spiro atoms. The number of hydrogen-bond acceptors (Lipinski definition) is 5. The van der Waals surface area contributed by atoms with Crippen LogP contribution in [0.15, 0.2) is 29.9 Å². The first kappa shape index (κ1) is 12.5. The Morgan fingerprint density at radius 1 is 1.44 bits per heavy atom. The van der Waals surface area contributed by atoms with Crippen molar-refractivity contribution in [3.8, 4) is 0 Å². The zero-order valence-electron chi connectivity index (χ0n) is 10.1. The number of rotatable bonds is 5. The van der Waals surface area contributed by atoms with Crippen LogP contribution < -0.4 is 10.6 Å². The van der Waals surface area contributed by atoms with Crippen LogP contribution in [0.5, 0.6) is 0 Å². The van der Waals surface area contributed by atoms with E-state index in [1.165, 1.54) is 11.1 Å². The van der Waals surface area contributed by atoms with Crippen LogP contribution in [0.25, 0.3) is 0 Å². The van der Waals surface area contributed by atoms with Crippen molar-refractivity contribution in [2.75, 3.05) is 11.4 Å². The van der Waals surface area contributed by atoms with E-state index in [4.69, 9.17) is 11.1 Å². The quantitative estimate of drug-likeness (QED) is 0.636. The summed E-state index contributed by atoms with van der Waals surface area (Å²) in [5.74, 6) is 0.742. The maximum Gasteiger partial charge on any atom is 0.147 e. The minimum atomic E-state index is -0.0599. The summed E-state index contributed by atoms with van der Waals surface area (Å²) in [4.78, 5) is 11.8. The van der Waals surface area contributed by atoms with Crippen LogP contribution in [0.4, 0.5) is 5.82 Å². The number of anilines is 1. The second kappa shape index (κ2) is 5.59. The van der Waals surface area contributed by atoms with Crippen molar-refractivity contribution in [3.63, 3.8) is 0 Å². The van der Waals surface area contributed by atoms with Crippen LogP contribution in [0.1, 0.15) is 17.5 Å². The highest BCUT2D eigenvalue weighted by atomic mass is 32.1. The van der Waals surface area contributed by atoms with Crippen molar-refractivity contribution in [1.29, 1.82) is 5.41 Å². The zero-order valence-corrected chi connectivity index (χ0v) is 10.9. The van der Waals surface area contributed by atoms with Gasteiger partial charge in [-0.15, -0.1) is 11.3 Å². The fourth-order valence-corrected chi connectivity index (χ4v) is 2.29. The fraction of sp³-hybridized carbons (Fsp3) is 0.250. The van der Waals surface area contributed by atoms with E-state index in [1.807, 2.05) is 6.07 Å². The smallest absolute Gasteiger partial charge is 0.147 e. The number of amidine groups is 1. The van der Waals surface area contributed by atoms with Crippen molar-refractivity contribution >= 4 is 23.0 Å². The minimum absolute atomic E-state index is 0.0599. The molecule has 0 atom stereocenters. The van der Waals surface area contributed by atoms with Crippen molar-refractivity contribution < 1.29 is 0 Å². The maximum atomic E-state index is 7.28. The van der Waals surface area contributed by atoms with Gasteiger partial charge in [-0.05, 0) is 18.4 Å². The first-order valence-electron chi connectivity index (χ1n) is 5.64. The molecule has 3 N–H and O–H groups in total. The zero-order chi connectivity index (χ0) is 13.0. The molecule has 2 heterocycles. The van der Waals surface area contributed by atoms with Crippen LogP contribution in [0.3, 0.4) is 0 Å². The standard InChI is InChI=1S/C12H15N5S/c1-2-17(8-9-4-3-5-18-9)11-7-15-10(6-16-11)12(13)14/h3-7H,2,8H2,1H3,(H3,13,14). The van der Waals surface area contributed by atoms with Gasteiger partial charge in [-0.3, -0.25) is 5.41 Å². The third-order valence-electron chi connectivity index (χ3n) is 2.55. The van der Waals surface area contributed by atoms with E-state index in [0.717, 1.165) is 18.9 Å². The van der Waals surface area contributed by atoms with Crippen LogP contribution in [0.2, 0.25) is 0 Å². The van der Waals surface area contributed by atoms with Gasteiger partial charge < -0.3 is 10.6 Å². The predicted octanol–water partition coefficient (Wildman–Crippen LogP) is 1.85. The number of nitrogens with two attached hydrogens (primary N) is 1. The summed E-state index contributed by atoms with van der Waals surface area (Å²) >= 11 is 1.73. The van der Waals surface area contributed by atoms with E-state index in [2.05, 4.69) is 33.2 Å². The summed E-state index contributed by atoms with van der Waals surface area (Å²) in [5, 5.41) is 9.34. The van der Waals surface area contributed by atoms with Crippen molar-refractivity contribution in [3.05, 3.63) is 40.5 Å². The molecule has 0 aliphatic heterocycles.